The highest BCUT2D eigenvalue weighted by Crippen LogP contribution is 2.27. The van der Waals surface area contributed by atoms with E-state index in [1.54, 1.807) is 7.11 Å². The number of nitrogens with zero attached hydrogens (tertiary/aromatic N) is 1. The van der Waals surface area contributed by atoms with Crippen molar-refractivity contribution in [1.82, 2.24) is 10.2 Å². The van der Waals surface area contributed by atoms with Gasteiger partial charge in [-0.15, -0.1) is 31.4 Å². The first-order valence-corrected chi connectivity index (χ1v) is 7.04. The lowest BCUT2D eigenvalue weighted by Gasteiger charge is -2.35. The molecule has 1 atom stereocenters. The first kappa shape index (κ1) is 20.3. The van der Waals surface area contributed by atoms with Gasteiger partial charge in [0.2, 0.25) is 0 Å². The van der Waals surface area contributed by atoms with Crippen LogP contribution in [0.15, 0.2) is 36.9 Å². The molecule has 1 aliphatic heterocycles. The maximum absolute atomic E-state index is 5.24. The van der Waals surface area contributed by atoms with Gasteiger partial charge >= 0.3 is 0 Å². The van der Waals surface area contributed by atoms with Gasteiger partial charge < -0.3 is 10.1 Å². The van der Waals surface area contributed by atoms with Crippen LogP contribution in [0.4, 0.5) is 0 Å². The van der Waals surface area contributed by atoms with E-state index in [0.29, 0.717) is 6.04 Å². The van der Waals surface area contributed by atoms with E-state index in [-0.39, 0.29) is 24.8 Å². The Morgan fingerprint density at radius 3 is 2.38 bits per heavy atom. The molecule has 0 amide bonds. The summed E-state index contributed by atoms with van der Waals surface area (Å²) in [5.74, 6) is 0.923. The summed E-state index contributed by atoms with van der Waals surface area (Å²) in [7, 11) is 1.71. The van der Waals surface area contributed by atoms with Crippen molar-refractivity contribution < 1.29 is 4.74 Å². The van der Waals surface area contributed by atoms with E-state index in [0.717, 1.165) is 44.8 Å². The molecule has 0 bridgehead atoms. The predicted molar refractivity (Wildman–Crippen MR) is 94.1 cm³/mol. The molecule has 120 valence electrons. The van der Waals surface area contributed by atoms with E-state index in [1.807, 2.05) is 6.08 Å². The van der Waals surface area contributed by atoms with Gasteiger partial charge in [0.15, 0.2) is 0 Å². The summed E-state index contributed by atoms with van der Waals surface area (Å²) in [6.45, 7) is 8.25. The number of nitrogens with one attached hydrogen (secondary N) is 1. The second-order valence-electron chi connectivity index (χ2n) is 4.94. The van der Waals surface area contributed by atoms with Crippen LogP contribution >= 0.6 is 24.8 Å². The second-order valence-corrected chi connectivity index (χ2v) is 4.94. The van der Waals surface area contributed by atoms with Crippen LogP contribution in [0.5, 0.6) is 5.75 Å². The molecule has 1 aromatic rings. The number of hydrogen-bond donors (Lipinski definition) is 1. The smallest absolute Gasteiger partial charge is 0.118 e. The van der Waals surface area contributed by atoms with Crippen LogP contribution in [-0.2, 0) is 0 Å². The van der Waals surface area contributed by atoms with Crippen LogP contribution in [-0.4, -0.2) is 38.2 Å². The van der Waals surface area contributed by atoms with Crippen LogP contribution in [0.2, 0.25) is 0 Å². The highest BCUT2D eigenvalue weighted by molar-refractivity contribution is 5.85. The number of hydrogen-bond acceptors (Lipinski definition) is 3. The minimum Gasteiger partial charge on any atom is -0.497 e. The van der Waals surface area contributed by atoms with Gasteiger partial charge in [-0.05, 0) is 30.5 Å². The van der Waals surface area contributed by atoms with Gasteiger partial charge in [-0.25, -0.2) is 0 Å². The number of piperazine rings is 1. The SMILES string of the molecule is C=CCC[C@H](c1ccc(OC)cc1)N1CCNCC1.Cl.Cl. The zero-order chi connectivity index (χ0) is 13.5. The van der Waals surface area contributed by atoms with Crippen molar-refractivity contribution in [1.29, 1.82) is 0 Å². The van der Waals surface area contributed by atoms with E-state index in [4.69, 9.17) is 4.74 Å². The molecule has 0 spiro atoms. The average molecular weight is 333 g/mol. The summed E-state index contributed by atoms with van der Waals surface area (Å²) in [6, 6.07) is 8.98. The number of methoxy groups -OCH3 is 1. The molecule has 3 nitrogen and oxygen atoms in total. The van der Waals surface area contributed by atoms with Crippen LogP contribution in [0.3, 0.4) is 0 Å². The summed E-state index contributed by atoms with van der Waals surface area (Å²) in [4.78, 5) is 2.57. The monoisotopic (exact) mass is 332 g/mol. The van der Waals surface area contributed by atoms with Crippen molar-refractivity contribution in [3.63, 3.8) is 0 Å². The summed E-state index contributed by atoms with van der Waals surface area (Å²) in [5, 5.41) is 3.41. The highest BCUT2D eigenvalue weighted by atomic mass is 35.5. The summed E-state index contributed by atoms with van der Waals surface area (Å²) >= 11 is 0. The van der Waals surface area contributed by atoms with E-state index in [9.17, 15) is 0 Å². The van der Waals surface area contributed by atoms with Crippen molar-refractivity contribution in [3.8, 4) is 5.75 Å². The molecule has 1 aromatic carbocycles. The number of halogens is 2. The Kier molecular flexibility index (Phi) is 10.5. The first-order valence-electron chi connectivity index (χ1n) is 7.04. The van der Waals surface area contributed by atoms with Crippen LogP contribution in [0.1, 0.15) is 24.4 Å². The van der Waals surface area contributed by atoms with E-state index in [1.165, 1.54) is 5.56 Å². The lowest BCUT2D eigenvalue weighted by molar-refractivity contribution is 0.166. The zero-order valence-corrected chi connectivity index (χ0v) is 14.2. The van der Waals surface area contributed by atoms with Gasteiger partial charge in [0.1, 0.15) is 5.75 Å². The molecular weight excluding hydrogens is 307 g/mol. The van der Waals surface area contributed by atoms with Crippen molar-refractivity contribution in [3.05, 3.63) is 42.5 Å². The standard InChI is InChI=1S/C16H24N2O.2ClH/c1-3-4-5-16(18-12-10-17-11-13-18)14-6-8-15(19-2)9-7-14;;/h3,6-9,16-17H,1,4-5,10-13H2,2H3;2*1H/t16-;;/m1../s1. The van der Waals surface area contributed by atoms with E-state index < -0.39 is 0 Å². The zero-order valence-electron chi connectivity index (χ0n) is 12.6. The topological polar surface area (TPSA) is 24.5 Å². The predicted octanol–water partition coefficient (Wildman–Crippen LogP) is 3.45. The minimum atomic E-state index is 0. The highest BCUT2D eigenvalue weighted by Gasteiger charge is 2.21. The maximum Gasteiger partial charge on any atom is 0.118 e. The quantitative estimate of drug-likeness (QED) is 0.807. The molecule has 5 heteroatoms. The Balaban J connectivity index is 0.00000200. The molecule has 1 saturated heterocycles. The lowest BCUT2D eigenvalue weighted by atomic mass is 9.99. The average Bonchev–Trinajstić information content (AvgIpc) is 2.49. The fraction of sp³-hybridized carbons (Fsp3) is 0.500. The number of benzene rings is 1. The molecule has 1 heterocycles. The van der Waals surface area contributed by atoms with Gasteiger partial charge in [0.05, 0.1) is 7.11 Å². The fourth-order valence-electron chi connectivity index (χ4n) is 2.66. The molecule has 0 aliphatic carbocycles. The third-order valence-electron chi connectivity index (χ3n) is 3.74. The molecule has 0 saturated carbocycles. The number of allylic oxidation sites excluding steroid dienone is 1. The van der Waals surface area contributed by atoms with Crippen molar-refractivity contribution >= 4 is 24.8 Å². The van der Waals surface area contributed by atoms with Gasteiger partial charge in [0.25, 0.3) is 0 Å². The van der Waals surface area contributed by atoms with Crippen LogP contribution in [0, 0.1) is 0 Å². The Bertz CT molecular complexity index is 392. The third-order valence-corrected chi connectivity index (χ3v) is 3.74. The Morgan fingerprint density at radius 2 is 1.86 bits per heavy atom. The van der Waals surface area contributed by atoms with Crippen molar-refractivity contribution in [2.45, 2.75) is 18.9 Å². The van der Waals surface area contributed by atoms with Gasteiger partial charge in [0, 0.05) is 32.2 Å². The molecule has 0 aromatic heterocycles. The largest absolute Gasteiger partial charge is 0.497 e. The van der Waals surface area contributed by atoms with Crippen molar-refractivity contribution in [2.75, 3.05) is 33.3 Å². The molecule has 21 heavy (non-hydrogen) atoms. The Labute approximate surface area is 140 Å². The summed E-state index contributed by atoms with van der Waals surface area (Å²) in [5.41, 5.74) is 1.38. The third kappa shape index (κ3) is 5.87. The molecule has 1 fully saturated rings. The minimum absolute atomic E-state index is 0. The van der Waals surface area contributed by atoms with Gasteiger partial charge in [-0.1, -0.05) is 18.2 Å². The molecule has 0 radical (unpaired) electrons. The second kappa shape index (κ2) is 10.9. The molecular formula is C16H26Cl2N2O. The molecule has 1 aliphatic rings. The van der Waals surface area contributed by atoms with Gasteiger partial charge in [-0.3, -0.25) is 4.90 Å². The number of ether oxygens (including phenoxy) is 1. The Morgan fingerprint density at radius 1 is 1.24 bits per heavy atom. The van der Waals surface area contributed by atoms with E-state index in [2.05, 4.69) is 41.1 Å². The van der Waals surface area contributed by atoms with Crippen LogP contribution in [0.25, 0.3) is 0 Å². The summed E-state index contributed by atoms with van der Waals surface area (Å²) in [6.07, 6.45) is 4.20. The first-order chi connectivity index (χ1) is 9.35. The molecule has 1 N–H and O–H groups in total. The van der Waals surface area contributed by atoms with Crippen molar-refractivity contribution in [2.24, 2.45) is 0 Å². The maximum atomic E-state index is 5.24. The van der Waals surface area contributed by atoms with Gasteiger partial charge in [-0.2, -0.15) is 0 Å². The molecule has 0 unspecified atom stereocenters. The number of rotatable bonds is 6. The molecule has 2 rings (SSSR count). The normalized spacial score (nSPS) is 16.2. The fourth-order valence-corrected chi connectivity index (χ4v) is 2.66. The van der Waals surface area contributed by atoms with Crippen LogP contribution < -0.4 is 10.1 Å². The van der Waals surface area contributed by atoms with E-state index >= 15 is 0 Å². The summed E-state index contributed by atoms with van der Waals surface area (Å²) < 4.78 is 5.24. The Hall–Kier alpha value is -0.740. The lowest BCUT2D eigenvalue weighted by Crippen LogP contribution is -2.45.